The summed E-state index contributed by atoms with van der Waals surface area (Å²) >= 11 is 0. The van der Waals surface area contributed by atoms with E-state index < -0.39 is 0 Å². The molecule has 2 nitrogen and oxygen atoms in total. The van der Waals surface area contributed by atoms with E-state index in [9.17, 15) is 0 Å². The molecule has 0 amide bonds. The molecule has 0 aliphatic rings. The summed E-state index contributed by atoms with van der Waals surface area (Å²) in [6.45, 7) is 10.2. The molecule has 0 aliphatic carbocycles. The highest BCUT2D eigenvalue weighted by Crippen LogP contribution is 2.06. The second-order valence-corrected chi connectivity index (χ2v) is 4.53. The van der Waals surface area contributed by atoms with Gasteiger partial charge in [-0.15, -0.1) is 0 Å². The van der Waals surface area contributed by atoms with Crippen LogP contribution in [-0.2, 0) is 0 Å². The van der Waals surface area contributed by atoms with Gasteiger partial charge in [-0.05, 0) is 38.4 Å². The van der Waals surface area contributed by atoms with Crippen molar-refractivity contribution in [3.63, 3.8) is 0 Å². The molecule has 1 atom stereocenters. The second-order valence-electron chi connectivity index (χ2n) is 4.53. The predicted molar refractivity (Wildman–Crippen MR) is 76.5 cm³/mol. The third kappa shape index (κ3) is 5.22. The molecule has 0 radical (unpaired) electrons. The van der Waals surface area contributed by atoms with Gasteiger partial charge < -0.3 is 10.2 Å². The Labute approximate surface area is 106 Å². The fourth-order valence-corrected chi connectivity index (χ4v) is 2.02. The van der Waals surface area contributed by atoms with Gasteiger partial charge in [-0.2, -0.15) is 0 Å². The van der Waals surface area contributed by atoms with Crippen LogP contribution in [0.4, 0.5) is 5.69 Å². The fourth-order valence-electron chi connectivity index (χ4n) is 2.02. The molecule has 96 valence electrons. The first-order valence-corrected chi connectivity index (χ1v) is 6.80. The lowest BCUT2D eigenvalue weighted by Gasteiger charge is -2.26. The summed E-state index contributed by atoms with van der Waals surface area (Å²) in [7, 11) is 0. The summed E-state index contributed by atoms with van der Waals surface area (Å²) in [4.78, 5) is 2.55. The summed E-state index contributed by atoms with van der Waals surface area (Å²) in [5.41, 5.74) is 1.22. The third-order valence-electron chi connectivity index (χ3n) is 3.35. The quantitative estimate of drug-likeness (QED) is 0.691. The molecule has 1 N–H and O–H groups in total. The van der Waals surface area contributed by atoms with E-state index in [0.717, 1.165) is 13.1 Å². The minimum absolute atomic E-state index is 0.705. The molecule has 0 heterocycles. The molecule has 0 aliphatic heterocycles. The molecule has 1 unspecified atom stereocenters. The Kier molecular flexibility index (Phi) is 6.71. The number of para-hydroxylation sites is 1. The number of rotatable bonds is 8. The lowest BCUT2D eigenvalue weighted by molar-refractivity contribution is 0.214. The maximum absolute atomic E-state index is 3.45. The van der Waals surface area contributed by atoms with Gasteiger partial charge >= 0.3 is 0 Å². The SMILES string of the molecule is CCC(C)N(CC)CCCNc1ccccc1. The van der Waals surface area contributed by atoms with Crippen LogP contribution in [0.1, 0.15) is 33.6 Å². The maximum Gasteiger partial charge on any atom is 0.0340 e. The lowest BCUT2D eigenvalue weighted by Crippen LogP contribution is -2.34. The Hall–Kier alpha value is -1.02. The first-order valence-electron chi connectivity index (χ1n) is 6.80. The fraction of sp³-hybridized carbons (Fsp3) is 0.600. The molecule has 0 aromatic heterocycles. The zero-order chi connectivity index (χ0) is 12.5. The molecule has 0 bridgehead atoms. The Morgan fingerprint density at radius 1 is 1.18 bits per heavy atom. The highest BCUT2D eigenvalue weighted by atomic mass is 15.1. The minimum Gasteiger partial charge on any atom is -0.385 e. The van der Waals surface area contributed by atoms with Crippen LogP contribution in [0.15, 0.2) is 30.3 Å². The van der Waals surface area contributed by atoms with E-state index >= 15 is 0 Å². The van der Waals surface area contributed by atoms with Gasteiger partial charge in [0.25, 0.3) is 0 Å². The van der Waals surface area contributed by atoms with E-state index in [1.807, 2.05) is 6.07 Å². The Morgan fingerprint density at radius 3 is 2.47 bits per heavy atom. The van der Waals surface area contributed by atoms with Crippen molar-refractivity contribution in [3.8, 4) is 0 Å². The van der Waals surface area contributed by atoms with Crippen LogP contribution >= 0.6 is 0 Å². The number of nitrogens with zero attached hydrogens (tertiary/aromatic N) is 1. The largest absolute Gasteiger partial charge is 0.385 e. The Morgan fingerprint density at radius 2 is 1.88 bits per heavy atom. The number of nitrogens with one attached hydrogen (secondary N) is 1. The molecule has 2 heteroatoms. The van der Waals surface area contributed by atoms with Gasteiger partial charge in [-0.3, -0.25) is 0 Å². The van der Waals surface area contributed by atoms with E-state index in [-0.39, 0.29) is 0 Å². The first kappa shape index (κ1) is 14.0. The molecular formula is C15H26N2. The number of anilines is 1. The molecule has 1 aromatic carbocycles. The van der Waals surface area contributed by atoms with E-state index in [2.05, 4.69) is 55.3 Å². The second kappa shape index (κ2) is 8.13. The van der Waals surface area contributed by atoms with Crippen LogP contribution in [0.5, 0.6) is 0 Å². The van der Waals surface area contributed by atoms with Gasteiger partial charge in [0.2, 0.25) is 0 Å². The van der Waals surface area contributed by atoms with Gasteiger partial charge in [0, 0.05) is 24.8 Å². The van der Waals surface area contributed by atoms with Gasteiger partial charge in [0.05, 0.1) is 0 Å². The first-order chi connectivity index (χ1) is 8.27. The van der Waals surface area contributed by atoms with Crippen molar-refractivity contribution in [2.75, 3.05) is 25.0 Å². The zero-order valence-electron chi connectivity index (χ0n) is 11.4. The van der Waals surface area contributed by atoms with E-state index in [1.54, 1.807) is 0 Å². The van der Waals surface area contributed by atoms with Crippen LogP contribution in [0, 0.1) is 0 Å². The topological polar surface area (TPSA) is 15.3 Å². The Balaban J connectivity index is 2.19. The highest BCUT2D eigenvalue weighted by molar-refractivity contribution is 5.42. The maximum atomic E-state index is 3.45. The molecule has 1 aromatic rings. The normalized spacial score (nSPS) is 12.7. The van der Waals surface area contributed by atoms with Crippen molar-refractivity contribution in [1.82, 2.24) is 4.90 Å². The number of benzene rings is 1. The third-order valence-corrected chi connectivity index (χ3v) is 3.35. The molecule has 0 saturated carbocycles. The molecule has 17 heavy (non-hydrogen) atoms. The van der Waals surface area contributed by atoms with E-state index in [1.165, 1.54) is 25.1 Å². The molecule has 1 rings (SSSR count). The minimum atomic E-state index is 0.705. The summed E-state index contributed by atoms with van der Waals surface area (Å²) < 4.78 is 0. The molecule has 0 spiro atoms. The number of hydrogen-bond donors (Lipinski definition) is 1. The Bertz CT molecular complexity index is 284. The van der Waals surface area contributed by atoms with Crippen LogP contribution in [0.25, 0.3) is 0 Å². The van der Waals surface area contributed by atoms with E-state index in [0.29, 0.717) is 6.04 Å². The van der Waals surface area contributed by atoms with Crippen molar-refractivity contribution >= 4 is 5.69 Å². The van der Waals surface area contributed by atoms with Gasteiger partial charge in [0.1, 0.15) is 0 Å². The van der Waals surface area contributed by atoms with Crippen molar-refractivity contribution in [1.29, 1.82) is 0 Å². The molecule has 0 saturated heterocycles. The molecule has 0 fully saturated rings. The molecular weight excluding hydrogens is 208 g/mol. The van der Waals surface area contributed by atoms with Crippen LogP contribution in [-0.4, -0.2) is 30.6 Å². The van der Waals surface area contributed by atoms with Gasteiger partial charge in [-0.1, -0.05) is 32.0 Å². The van der Waals surface area contributed by atoms with Crippen molar-refractivity contribution in [2.45, 2.75) is 39.7 Å². The van der Waals surface area contributed by atoms with Crippen molar-refractivity contribution < 1.29 is 0 Å². The summed E-state index contributed by atoms with van der Waals surface area (Å²) in [5.74, 6) is 0. The smallest absolute Gasteiger partial charge is 0.0340 e. The summed E-state index contributed by atoms with van der Waals surface area (Å²) in [5, 5.41) is 3.45. The van der Waals surface area contributed by atoms with Crippen LogP contribution in [0.2, 0.25) is 0 Å². The van der Waals surface area contributed by atoms with Crippen LogP contribution < -0.4 is 5.32 Å². The van der Waals surface area contributed by atoms with Crippen LogP contribution in [0.3, 0.4) is 0 Å². The average Bonchev–Trinajstić information content (AvgIpc) is 2.39. The van der Waals surface area contributed by atoms with E-state index in [4.69, 9.17) is 0 Å². The zero-order valence-corrected chi connectivity index (χ0v) is 11.4. The van der Waals surface area contributed by atoms with Crippen molar-refractivity contribution in [2.24, 2.45) is 0 Å². The lowest BCUT2D eigenvalue weighted by atomic mass is 10.2. The summed E-state index contributed by atoms with van der Waals surface area (Å²) in [6.07, 6.45) is 2.44. The van der Waals surface area contributed by atoms with Gasteiger partial charge in [0.15, 0.2) is 0 Å². The standard InChI is InChI=1S/C15H26N2/c1-4-14(3)17(5-2)13-9-12-16-15-10-7-6-8-11-15/h6-8,10-11,14,16H,4-5,9,12-13H2,1-3H3. The predicted octanol–water partition coefficient (Wildman–Crippen LogP) is 3.61. The monoisotopic (exact) mass is 234 g/mol. The summed E-state index contributed by atoms with van der Waals surface area (Å²) in [6, 6.07) is 11.1. The van der Waals surface area contributed by atoms with Gasteiger partial charge in [-0.25, -0.2) is 0 Å². The van der Waals surface area contributed by atoms with Crippen molar-refractivity contribution in [3.05, 3.63) is 30.3 Å². The highest BCUT2D eigenvalue weighted by Gasteiger charge is 2.08. The number of hydrogen-bond acceptors (Lipinski definition) is 2. The average molecular weight is 234 g/mol.